The smallest absolute Gasteiger partial charge is 0.258 e. The molecule has 0 aliphatic carbocycles. The van der Waals surface area contributed by atoms with Crippen molar-refractivity contribution in [2.45, 2.75) is 26.3 Å². The predicted molar refractivity (Wildman–Crippen MR) is 81.3 cm³/mol. The second-order valence-corrected chi connectivity index (χ2v) is 5.90. The highest BCUT2D eigenvalue weighted by atomic mass is 16.3. The maximum Gasteiger partial charge on any atom is 0.258 e. The van der Waals surface area contributed by atoms with Crippen LogP contribution in [0.3, 0.4) is 0 Å². The van der Waals surface area contributed by atoms with Crippen molar-refractivity contribution in [3.05, 3.63) is 46.0 Å². The summed E-state index contributed by atoms with van der Waals surface area (Å²) in [4.78, 5) is 19.1. The van der Waals surface area contributed by atoms with Crippen molar-refractivity contribution in [2.75, 3.05) is 19.7 Å². The van der Waals surface area contributed by atoms with Crippen LogP contribution in [0.4, 0.5) is 0 Å². The third-order valence-electron chi connectivity index (χ3n) is 4.19. The number of pyridine rings is 1. The summed E-state index contributed by atoms with van der Waals surface area (Å²) < 4.78 is 1.59. The number of aryl methyl sites for hydroxylation is 1. The Bertz CT molecular complexity index is 695. The van der Waals surface area contributed by atoms with Crippen LogP contribution in [-0.2, 0) is 6.54 Å². The molecule has 1 aliphatic rings. The van der Waals surface area contributed by atoms with Crippen LogP contribution in [0.2, 0.25) is 0 Å². The van der Waals surface area contributed by atoms with Crippen LogP contribution in [0.1, 0.15) is 24.1 Å². The van der Waals surface area contributed by atoms with Crippen molar-refractivity contribution in [1.82, 2.24) is 14.3 Å². The van der Waals surface area contributed by atoms with E-state index in [-0.39, 0.29) is 12.2 Å². The van der Waals surface area contributed by atoms with Crippen molar-refractivity contribution < 1.29 is 5.11 Å². The summed E-state index contributed by atoms with van der Waals surface area (Å²) in [7, 11) is 0. The zero-order valence-corrected chi connectivity index (χ0v) is 12.3. The number of rotatable bonds is 3. The zero-order valence-electron chi connectivity index (χ0n) is 12.3. The van der Waals surface area contributed by atoms with E-state index in [1.54, 1.807) is 16.7 Å². The molecule has 0 saturated carbocycles. The van der Waals surface area contributed by atoms with Crippen molar-refractivity contribution in [3.63, 3.8) is 0 Å². The highest BCUT2D eigenvalue weighted by Crippen LogP contribution is 2.17. The van der Waals surface area contributed by atoms with Gasteiger partial charge in [0.25, 0.3) is 5.56 Å². The molecule has 0 bridgehead atoms. The number of aromatic nitrogens is 2. The molecule has 3 rings (SSSR count). The van der Waals surface area contributed by atoms with E-state index in [0.29, 0.717) is 12.5 Å². The van der Waals surface area contributed by atoms with Gasteiger partial charge in [0, 0.05) is 32.0 Å². The lowest BCUT2D eigenvalue weighted by Gasteiger charge is -2.31. The van der Waals surface area contributed by atoms with Crippen molar-refractivity contribution in [1.29, 1.82) is 0 Å². The van der Waals surface area contributed by atoms with Gasteiger partial charge in [-0.25, -0.2) is 4.98 Å². The first-order valence-corrected chi connectivity index (χ1v) is 7.48. The van der Waals surface area contributed by atoms with Gasteiger partial charge >= 0.3 is 0 Å². The quantitative estimate of drug-likeness (QED) is 0.922. The molecule has 0 radical (unpaired) electrons. The Morgan fingerprint density at radius 3 is 3.14 bits per heavy atom. The summed E-state index contributed by atoms with van der Waals surface area (Å²) in [5.41, 5.74) is 2.52. The molecule has 5 heteroatoms. The minimum Gasteiger partial charge on any atom is -0.396 e. The minimum atomic E-state index is -0.0329. The SMILES string of the molecule is Cc1cccn2c(=O)cc(CN3CCCC(CO)C3)nc12. The first-order valence-electron chi connectivity index (χ1n) is 7.48. The molecule has 112 valence electrons. The van der Waals surface area contributed by atoms with E-state index in [2.05, 4.69) is 9.88 Å². The average Bonchev–Trinajstić information content (AvgIpc) is 2.49. The second-order valence-electron chi connectivity index (χ2n) is 5.90. The minimum absolute atomic E-state index is 0.0329. The van der Waals surface area contributed by atoms with E-state index in [4.69, 9.17) is 0 Å². The molecule has 1 N–H and O–H groups in total. The van der Waals surface area contributed by atoms with E-state index in [9.17, 15) is 9.90 Å². The van der Waals surface area contributed by atoms with Crippen molar-refractivity contribution >= 4 is 5.65 Å². The average molecular weight is 287 g/mol. The van der Waals surface area contributed by atoms with Crippen LogP contribution in [0, 0.1) is 12.8 Å². The Labute approximate surface area is 123 Å². The van der Waals surface area contributed by atoms with Crippen LogP contribution < -0.4 is 5.56 Å². The van der Waals surface area contributed by atoms with Gasteiger partial charge in [0.1, 0.15) is 5.65 Å². The number of nitrogens with zero attached hydrogens (tertiary/aromatic N) is 3. The Kier molecular flexibility index (Phi) is 4.03. The van der Waals surface area contributed by atoms with Gasteiger partial charge in [-0.05, 0) is 43.9 Å². The highest BCUT2D eigenvalue weighted by molar-refractivity contribution is 5.46. The topological polar surface area (TPSA) is 57.8 Å². The largest absolute Gasteiger partial charge is 0.396 e. The molecule has 0 spiro atoms. The van der Waals surface area contributed by atoms with Gasteiger partial charge in [-0.2, -0.15) is 0 Å². The molecular weight excluding hydrogens is 266 g/mol. The van der Waals surface area contributed by atoms with Crippen molar-refractivity contribution in [3.8, 4) is 0 Å². The van der Waals surface area contributed by atoms with Gasteiger partial charge in [0.05, 0.1) is 5.69 Å². The Morgan fingerprint density at radius 1 is 1.48 bits per heavy atom. The molecular formula is C16H21N3O2. The van der Waals surface area contributed by atoms with Crippen LogP contribution in [0.5, 0.6) is 0 Å². The molecule has 1 atom stereocenters. The third-order valence-corrected chi connectivity index (χ3v) is 4.19. The van der Waals surface area contributed by atoms with Gasteiger partial charge in [-0.15, -0.1) is 0 Å². The number of piperidine rings is 1. The van der Waals surface area contributed by atoms with Gasteiger partial charge in [-0.1, -0.05) is 6.07 Å². The second kappa shape index (κ2) is 5.95. The molecule has 2 aromatic heterocycles. The Morgan fingerprint density at radius 2 is 2.33 bits per heavy atom. The van der Waals surface area contributed by atoms with E-state index in [0.717, 1.165) is 42.8 Å². The van der Waals surface area contributed by atoms with Crippen LogP contribution in [0.25, 0.3) is 5.65 Å². The fraction of sp³-hybridized carbons (Fsp3) is 0.500. The van der Waals surface area contributed by atoms with E-state index < -0.39 is 0 Å². The van der Waals surface area contributed by atoms with E-state index in [1.165, 1.54) is 0 Å². The summed E-state index contributed by atoms with van der Waals surface area (Å²) in [5, 5.41) is 9.30. The van der Waals surface area contributed by atoms with Crippen LogP contribution >= 0.6 is 0 Å². The molecule has 3 heterocycles. The lowest BCUT2D eigenvalue weighted by Crippen LogP contribution is -2.36. The number of aliphatic hydroxyl groups excluding tert-OH is 1. The maximum atomic E-state index is 12.2. The van der Waals surface area contributed by atoms with Gasteiger partial charge in [0.2, 0.25) is 0 Å². The molecule has 2 aromatic rings. The van der Waals surface area contributed by atoms with Crippen LogP contribution in [0.15, 0.2) is 29.2 Å². The van der Waals surface area contributed by atoms with E-state index in [1.807, 2.05) is 19.1 Å². The molecule has 0 aromatic carbocycles. The molecule has 1 saturated heterocycles. The summed E-state index contributed by atoms with van der Waals surface area (Å²) in [5.74, 6) is 0.349. The zero-order chi connectivity index (χ0) is 14.8. The lowest BCUT2D eigenvalue weighted by molar-refractivity contribution is 0.115. The molecule has 1 fully saturated rings. The molecule has 1 unspecified atom stereocenters. The number of aliphatic hydroxyl groups is 1. The fourth-order valence-electron chi connectivity index (χ4n) is 3.06. The third kappa shape index (κ3) is 2.99. The highest BCUT2D eigenvalue weighted by Gasteiger charge is 2.19. The number of hydrogen-bond acceptors (Lipinski definition) is 4. The Hall–Kier alpha value is -1.72. The van der Waals surface area contributed by atoms with Gasteiger partial charge < -0.3 is 5.11 Å². The normalized spacial score (nSPS) is 20.0. The summed E-state index contributed by atoms with van der Waals surface area (Å²) in [6.07, 6.45) is 3.93. The van der Waals surface area contributed by atoms with E-state index >= 15 is 0 Å². The molecule has 1 aliphatic heterocycles. The number of likely N-dealkylation sites (tertiary alicyclic amines) is 1. The number of hydrogen-bond donors (Lipinski definition) is 1. The molecule has 0 amide bonds. The van der Waals surface area contributed by atoms with Crippen molar-refractivity contribution in [2.24, 2.45) is 5.92 Å². The summed E-state index contributed by atoms with van der Waals surface area (Å²) >= 11 is 0. The van der Waals surface area contributed by atoms with Gasteiger partial charge in [0.15, 0.2) is 0 Å². The lowest BCUT2D eigenvalue weighted by atomic mass is 9.99. The first-order chi connectivity index (χ1) is 10.2. The standard InChI is InChI=1S/C16H21N3O2/c1-12-4-2-7-19-15(21)8-14(17-16(12)19)10-18-6-3-5-13(9-18)11-20/h2,4,7-8,13,20H,3,5-6,9-11H2,1H3. The maximum absolute atomic E-state index is 12.2. The van der Waals surface area contributed by atoms with Crippen LogP contribution in [-0.4, -0.2) is 39.1 Å². The van der Waals surface area contributed by atoms with Gasteiger partial charge in [-0.3, -0.25) is 14.1 Å². The monoisotopic (exact) mass is 287 g/mol. The fourth-order valence-corrected chi connectivity index (χ4v) is 3.06. The molecule has 21 heavy (non-hydrogen) atoms. The summed E-state index contributed by atoms with van der Waals surface area (Å²) in [6.45, 7) is 4.77. The summed E-state index contributed by atoms with van der Waals surface area (Å²) in [6, 6.07) is 5.45. The predicted octanol–water partition coefficient (Wildman–Crippen LogP) is 1.21. The first kappa shape index (κ1) is 14.2. The molecule has 5 nitrogen and oxygen atoms in total. The number of fused-ring (bicyclic) bond motifs is 1. The Balaban J connectivity index is 1.87.